The number of para-hydroxylation sites is 1. The summed E-state index contributed by atoms with van der Waals surface area (Å²) < 4.78 is 11.4. The Balaban J connectivity index is 1.93. The zero-order valence-electron chi connectivity index (χ0n) is 12.4. The van der Waals surface area contributed by atoms with Gasteiger partial charge in [0.25, 0.3) is 0 Å². The first-order valence-corrected chi connectivity index (χ1v) is 6.95. The van der Waals surface area contributed by atoms with Crippen LogP contribution in [-0.2, 0) is 16.1 Å². The highest BCUT2D eigenvalue weighted by molar-refractivity contribution is 5.57. The highest BCUT2D eigenvalue weighted by atomic mass is 16.5. The lowest BCUT2D eigenvalue weighted by Gasteiger charge is -2.16. The zero-order valence-corrected chi connectivity index (χ0v) is 12.4. The molecule has 2 rings (SSSR count). The summed E-state index contributed by atoms with van der Waals surface area (Å²) in [7, 11) is 0. The predicted molar refractivity (Wildman–Crippen MR) is 82.5 cm³/mol. The lowest BCUT2D eigenvalue weighted by molar-refractivity contribution is -0.117. The van der Waals surface area contributed by atoms with Crippen LogP contribution >= 0.6 is 0 Å². The molecule has 0 radical (unpaired) electrons. The van der Waals surface area contributed by atoms with Gasteiger partial charge < -0.3 is 14.3 Å². The minimum Gasteiger partial charge on any atom is -0.457 e. The molecule has 0 unspecified atom stereocenters. The molecule has 0 atom stereocenters. The van der Waals surface area contributed by atoms with Gasteiger partial charge >= 0.3 is 0 Å². The molecule has 0 fully saturated rings. The molecule has 0 saturated heterocycles. The summed E-state index contributed by atoms with van der Waals surface area (Å²) in [6, 6.07) is 17.4. The van der Waals surface area contributed by atoms with Crippen molar-refractivity contribution in [1.82, 2.24) is 0 Å². The third kappa shape index (κ3) is 5.04. The quantitative estimate of drug-likeness (QED) is 0.714. The SMILES string of the molecule is CC(C)(C=O)COCc1cccc(Oc2ccccc2)c1. The van der Waals surface area contributed by atoms with Crippen molar-refractivity contribution in [3.63, 3.8) is 0 Å². The largest absolute Gasteiger partial charge is 0.457 e. The third-order valence-corrected chi connectivity index (χ3v) is 2.94. The maximum atomic E-state index is 10.8. The second kappa shape index (κ2) is 7.04. The van der Waals surface area contributed by atoms with Crippen molar-refractivity contribution in [1.29, 1.82) is 0 Å². The summed E-state index contributed by atoms with van der Waals surface area (Å²) >= 11 is 0. The molecule has 110 valence electrons. The number of aldehydes is 1. The van der Waals surface area contributed by atoms with Gasteiger partial charge in [-0.1, -0.05) is 44.2 Å². The van der Waals surface area contributed by atoms with Crippen molar-refractivity contribution >= 4 is 6.29 Å². The fourth-order valence-corrected chi connectivity index (χ4v) is 1.79. The van der Waals surface area contributed by atoms with Gasteiger partial charge in [-0.25, -0.2) is 0 Å². The Morgan fingerprint density at radius 1 is 1.00 bits per heavy atom. The van der Waals surface area contributed by atoms with E-state index in [-0.39, 0.29) is 0 Å². The highest BCUT2D eigenvalue weighted by Gasteiger charge is 2.16. The number of ether oxygens (including phenoxy) is 2. The average Bonchev–Trinajstić information content (AvgIpc) is 2.48. The maximum Gasteiger partial charge on any atom is 0.127 e. The van der Waals surface area contributed by atoms with E-state index in [1.54, 1.807) is 0 Å². The summed E-state index contributed by atoms with van der Waals surface area (Å²) in [5.41, 5.74) is 0.572. The van der Waals surface area contributed by atoms with Crippen LogP contribution in [0.25, 0.3) is 0 Å². The van der Waals surface area contributed by atoms with E-state index in [0.29, 0.717) is 13.2 Å². The first-order valence-electron chi connectivity index (χ1n) is 6.95. The van der Waals surface area contributed by atoms with E-state index in [4.69, 9.17) is 9.47 Å². The smallest absolute Gasteiger partial charge is 0.127 e. The Kier molecular flexibility index (Phi) is 5.12. The van der Waals surface area contributed by atoms with Gasteiger partial charge in [-0.3, -0.25) is 0 Å². The minimum absolute atomic E-state index is 0.403. The summed E-state index contributed by atoms with van der Waals surface area (Å²) in [5.74, 6) is 1.58. The number of hydrogen-bond donors (Lipinski definition) is 0. The van der Waals surface area contributed by atoms with Crippen LogP contribution in [0.1, 0.15) is 19.4 Å². The maximum absolute atomic E-state index is 10.8. The lowest BCUT2D eigenvalue weighted by atomic mass is 9.98. The Morgan fingerprint density at radius 3 is 2.43 bits per heavy atom. The molecule has 0 heterocycles. The second-order valence-electron chi connectivity index (χ2n) is 5.66. The molecular formula is C18H20O3. The van der Waals surface area contributed by atoms with E-state index in [2.05, 4.69) is 0 Å². The van der Waals surface area contributed by atoms with Gasteiger partial charge in [0.05, 0.1) is 13.2 Å². The van der Waals surface area contributed by atoms with Crippen molar-refractivity contribution in [2.24, 2.45) is 5.41 Å². The summed E-state index contributed by atoms with van der Waals surface area (Å²) in [5, 5.41) is 0. The van der Waals surface area contributed by atoms with Gasteiger partial charge in [0, 0.05) is 5.41 Å². The molecule has 0 aliphatic heterocycles. The Labute approximate surface area is 125 Å². The van der Waals surface area contributed by atoms with E-state index >= 15 is 0 Å². The van der Waals surface area contributed by atoms with E-state index in [0.717, 1.165) is 23.3 Å². The standard InChI is InChI=1S/C18H20O3/c1-18(2,13-19)14-20-12-15-7-6-10-17(11-15)21-16-8-4-3-5-9-16/h3-11,13H,12,14H2,1-2H3. The van der Waals surface area contributed by atoms with Crippen LogP contribution in [0, 0.1) is 5.41 Å². The normalized spacial score (nSPS) is 11.1. The van der Waals surface area contributed by atoms with Crippen LogP contribution in [0.3, 0.4) is 0 Å². The Hall–Kier alpha value is -2.13. The summed E-state index contributed by atoms with van der Waals surface area (Å²) in [6.45, 7) is 4.58. The highest BCUT2D eigenvalue weighted by Crippen LogP contribution is 2.22. The van der Waals surface area contributed by atoms with Crippen LogP contribution < -0.4 is 4.74 Å². The summed E-state index contributed by atoms with van der Waals surface area (Å²) in [6.07, 6.45) is 0.919. The number of rotatable bonds is 7. The molecule has 0 saturated carbocycles. The molecule has 0 aliphatic carbocycles. The molecule has 0 aromatic heterocycles. The van der Waals surface area contributed by atoms with Crippen molar-refractivity contribution in [3.05, 3.63) is 60.2 Å². The average molecular weight is 284 g/mol. The van der Waals surface area contributed by atoms with Gasteiger partial charge in [-0.05, 0) is 29.8 Å². The van der Waals surface area contributed by atoms with Crippen molar-refractivity contribution in [2.45, 2.75) is 20.5 Å². The van der Waals surface area contributed by atoms with Crippen molar-refractivity contribution < 1.29 is 14.3 Å². The number of carbonyl (C=O) groups is 1. The fourth-order valence-electron chi connectivity index (χ4n) is 1.79. The molecule has 0 N–H and O–H groups in total. The molecule has 0 spiro atoms. The van der Waals surface area contributed by atoms with E-state index in [9.17, 15) is 4.79 Å². The molecule has 0 bridgehead atoms. The molecule has 3 heteroatoms. The predicted octanol–water partition coefficient (Wildman–Crippen LogP) is 4.22. The zero-order chi connectivity index (χ0) is 15.1. The molecule has 21 heavy (non-hydrogen) atoms. The van der Waals surface area contributed by atoms with Gasteiger partial charge in [-0.2, -0.15) is 0 Å². The van der Waals surface area contributed by atoms with E-state index in [1.165, 1.54) is 0 Å². The van der Waals surface area contributed by atoms with Crippen LogP contribution in [0.15, 0.2) is 54.6 Å². The molecular weight excluding hydrogens is 264 g/mol. The Morgan fingerprint density at radius 2 is 1.71 bits per heavy atom. The number of hydrogen-bond acceptors (Lipinski definition) is 3. The number of benzene rings is 2. The van der Waals surface area contributed by atoms with Crippen LogP contribution in [0.5, 0.6) is 11.5 Å². The molecule has 3 nitrogen and oxygen atoms in total. The lowest BCUT2D eigenvalue weighted by Crippen LogP contribution is -2.20. The monoisotopic (exact) mass is 284 g/mol. The van der Waals surface area contributed by atoms with Crippen LogP contribution in [-0.4, -0.2) is 12.9 Å². The fraction of sp³-hybridized carbons (Fsp3) is 0.278. The topological polar surface area (TPSA) is 35.5 Å². The van der Waals surface area contributed by atoms with E-state index in [1.807, 2.05) is 68.4 Å². The first-order chi connectivity index (χ1) is 10.1. The molecule has 0 amide bonds. The minimum atomic E-state index is -0.446. The van der Waals surface area contributed by atoms with Gasteiger partial charge in [0.15, 0.2) is 0 Å². The first kappa shape index (κ1) is 15.3. The third-order valence-electron chi connectivity index (χ3n) is 2.94. The summed E-state index contributed by atoms with van der Waals surface area (Å²) in [4.78, 5) is 10.8. The van der Waals surface area contributed by atoms with Crippen molar-refractivity contribution in [2.75, 3.05) is 6.61 Å². The van der Waals surface area contributed by atoms with E-state index < -0.39 is 5.41 Å². The second-order valence-corrected chi connectivity index (χ2v) is 5.66. The van der Waals surface area contributed by atoms with Gasteiger partial charge in [0.1, 0.15) is 17.8 Å². The molecule has 2 aromatic carbocycles. The molecule has 2 aromatic rings. The van der Waals surface area contributed by atoms with Crippen LogP contribution in [0.2, 0.25) is 0 Å². The van der Waals surface area contributed by atoms with Gasteiger partial charge in [-0.15, -0.1) is 0 Å². The van der Waals surface area contributed by atoms with Crippen molar-refractivity contribution in [3.8, 4) is 11.5 Å². The Bertz CT molecular complexity index is 576. The van der Waals surface area contributed by atoms with Gasteiger partial charge in [0.2, 0.25) is 0 Å². The van der Waals surface area contributed by atoms with Crippen LogP contribution in [0.4, 0.5) is 0 Å². The number of carbonyl (C=O) groups excluding carboxylic acids is 1. The molecule has 0 aliphatic rings.